The van der Waals surface area contributed by atoms with E-state index >= 15 is 0 Å². The third-order valence-corrected chi connectivity index (χ3v) is 6.33. The number of carbonyl (C=O) groups is 1. The van der Waals surface area contributed by atoms with Gasteiger partial charge in [-0.05, 0) is 30.2 Å². The maximum Gasteiger partial charge on any atom is 0.330 e. The Balaban J connectivity index is 2.00. The van der Waals surface area contributed by atoms with Crippen molar-refractivity contribution in [2.75, 3.05) is 19.0 Å². The number of ether oxygens (including phenoxy) is 2. The molecule has 0 fully saturated rings. The molecule has 7 heteroatoms. The topological polar surface area (TPSA) is 89.9 Å². The lowest BCUT2D eigenvalue weighted by Crippen LogP contribution is -2.13. The summed E-state index contributed by atoms with van der Waals surface area (Å²) in [6.45, 7) is 2.59. The number of unbranched alkanes of at least 4 members (excludes halogenated alkanes) is 13. The fraction of sp³-hybridized carbons (Fsp3) is 0.667. The Morgan fingerprint density at radius 2 is 1.29 bits per heavy atom. The van der Waals surface area contributed by atoms with Crippen LogP contribution in [0.25, 0.3) is 6.08 Å². The maximum atomic E-state index is 11.5. The molecule has 0 unspecified atom stereocenters. The average Bonchev–Trinajstić information content (AvgIpc) is 2.80. The molecule has 6 nitrogen and oxygen atoms in total. The van der Waals surface area contributed by atoms with Crippen molar-refractivity contribution in [3.05, 3.63) is 35.9 Å². The smallest absolute Gasteiger partial charge is 0.330 e. The van der Waals surface area contributed by atoms with Crippen molar-refractivity contribution < 1.29 is 27.2 Å². The largest absolute Gasteiger partial charge is 0.494 e. The van der Waals surface area contributed by atoms with Crippen LogP contribution in [0.15, 0.2) is 30.3 Å². The second-order valence-electron chi connectivity index (χ2n) is 8.80. The Bertz CT molecular complexity index is 771. The second-order valence-corrected chi connectivity index (χ2v) is 10.4. The van der Waals surface area contributed by atoms with Gasteiger partial charge in [-0.3, -0.25) is 4.55 Å². The first kappa shape index (κ1) is 30.2. The van der Waals surface area contributed by atoms with Gasteiger partial charge in [-0.2, -0.15) is 8.42 Å². The first-order valence-corrected chi connectivity index (χ1v) is 14.5. The molecule has 0 spiro atoms. The van der Waals surface area contributed by atoms with Crippen molar-refractivity contribution in [2.24, 2.45) is 0 Å². The van der Waals surface area contributed by atoms with Crippen molar-refractivity contribution >= 4 is 22.2 Å². The van der Waals surface area contributed by atoms with E-state index in [2.05, 4.69) is 6.92 Å². The van der Waals surface area contributed by atoms with Crippen LogP contribution in [0.1, 0.15) is 102 Å². The molecule has 1 aromatic carbocycles. The van der Waals surface area contributed by atoms with Gasteiger partial charge in [-0.25, -0.2) is 4.79 Å². The van der Waals surface area contributed by atoms with Gasteiger partial charge < -0.3 is 9.47 Å². The monoisotopic (exact) mass is 496 g/mol. The molecule has 0 saturated carbocycles. The molecule has 0 heterocycles. The van der Waals surface area contributed by atoms with E-state index < -0.39 is 21.8 Å². The molecule has 0 saturated heterocycles. The van der Waals surface area contributed by atoms with Gasteiger partial charge in [-0.15, -0.1) is 0 Å². The standard InChI is InChI=1S/C27H44O6S/c1-2-3-4-5-6-7-8-9-10-11-12-13-14-15-22-32-26-19-16-25(17-20-26)18-21-27(28)33-23-24-34(29,30)31/h16-21H,2-15,22-24H2,1H3,(H,29,30,31)/b21-18+. The number of hydrogen-bond acceptors (Lipinski definition) is 5. The van der Waals surface area contributed by atoms with E-state index in [1.54, 1.807) is 6.08 Å². The summed E-state index contributed by atoms with van der Waals surface area (Å²) in [5.41, 5.74) is 0.801. The summed E-state index contributed by atoms with van der Waals surface area (Å²) in [6.07, 6.45) is 21.5. The van der Waals surface area contributed by atoms with Crippen molar-refractivity contribution in [1.82, 2.24) is 0 Å². The first-order chi connectivity index (χ1) is 16.4. The Hall–Kier alpha value is -1.86. The quantitative estimate of drug-likeness (QED) is 0.0853. The number of carbonyl (C=O) groups excluding carboxylic acids is 1. The van der Waals surface area contributed by atoms with Crippen LogP contribution >= 0.6 is 0 Å². The first-order valence-electron chi connectivity index (χ1n) is 12.9. The molecule has 0 atom stereocenters. The van der Waals surface area contributed by atoms with Crippen LogP contribution in [0.5, 0.6) is 5.75 Å². The summed E-state index contributed by atoms with van der Waals surface area (Å²) in [5.74, 6) is -0.484. The third kappa shape index (κ3) is 18.6. The molecule has 1 aromatic rings. The minimum atomic E-state index is -4.13. The second kappa shape index (κ2) is 19.4. The van der Waals surface area contributed by atoms with E-state index in [0.717, 1.165) is 17.7 Å². The van der Waals surface area contributed by atoms with Gasteiger partial charge in [0.1, 0.15) is 18.1 Å². The summed E-state index contributed by atoms with van der Waals surface area (Å²) in [5, 5.41) is 0. The Morgan fingerprint density at radius 1 is 0.794 bits per heavy atom. The SMILES string of the molecule is CCCCCCCCCCCCCCCCOc1ccc(/C=C/C(=O)OCCS(=O)(=O)O)cc1. The van der Waals surface area contributed by atoms with E-state index in [-0.39, 0.29) is 6.61 Å². The molecular weight excluding hydrogens is 452 g/mol. The fourth-order valence-electron chi connectivity index (χ4n) is 3.62. The van der Waals surface area contributed by atoms with Crippen LogP contribution in [-0.2, 0) is 19.6 Å². The van der Waals surface area contributed by atoms with Crippen molar-refractivity contribution in [2.45, 2.75) is 96.8 Å². The van der Waals surface area contributed by atoms with Gasteiger partial charge in [0.15, 0.2) is 0 Å². The van der Waals surface area contributed by atoms with Gasteiger partial charge in [0, 0.05) is 6.08 Å². The molecular formula is C27H44O6S. The summed E-state index contributed by atoms with van der Waals surface area (Å²) in [6, 6.07) is 7.38. The Kier molecular flexibility index (Phi) is 17.3. The van der Waals surface area contributed by atoms with Gasteiger partial charge in [0.2, 0.25) is 0 Å². The molecule has 0 aliphatic carbocycles. The minimum Gasteiger partial charge on any atom is -0.494 e. The molecule has 0 amide bonds. The predicted molar refractivity (Wildman–Crippen MR) is 139 cm³/mol. The van der Waals surface area contributed by atoms with Crippen LogP contribution in [-0.4, -0.2) is 37.9 Å². The Labute approximate surface area is 206 Å². The van der Waals surface area contributed by atoms with Gasteiger partial charge in [0.05, 0.1) is 6.61 Å². The van der Waals surface area contributed by atoms with Gasteiger partial charge in [0.25, 0.3) is 10.1 Å². The van der Waals surface area contributed by atoms with Gasteiger partial charge >= 0.3 is 5.97 Å². The maximum absolute atomic E-state index is 11.5. The van der Waals surface area contributed by atoms with E-state index in [1.807, 2.05) is 24.3 Å². The predicted octanol–water partition coefficient (Wildman–Crippen LogP) is 6.99. The summed E-state index contributed by atoms with van der Waals surface area (Å²) in [4.78, 5) is 11.5. The lowest BCUT2D eigenvalue weighted by Gasteiger charge is -2.07. The summed E-state index contributed by atoms with van der Waals surface area (Å²) < 4.78 is 40.3. The van der Waals surface area contributed by atoms with E-state index in [1.165, 1.54) is 89.5 Å². The van der Waals surface area contributed by atoms with Crippen LogP contribution in [0.4, 0.5) is 0 Å². The number of hydrogen-bond donors (Lipinski definition) is 1. The zero-order chi connectivity index (χ0) is 24.9. The molecule has 194 valence electrons. The molecule has 0 aliphatic heterocycles. The third-order valence-electron chi connectivity index (χ3n) is 5.64. The highest BCUT2D eigenvalue weighted by atomic mass is 32.2. The molecule has 1 N–H and O–H groups in total. The molecule has 0 aromatic heterocycles. The highest BCUT2D eigenvalue weighted by Crippen LogP contribution is 2.15. The van der Waals surface area contributed by atoms with E-state index in [4.69, 9.17) is 14.0 Å². The minimum absolute atomic E-state index is 0.381. The molecule has 0 radical (unpaired) electrons. The number of esters is 1. The zero-order valence-electron chi connectivity index (χ0n) is 20.9. The fourth-order valence-corrected chi connectivity index (χ4v) is 3.92. The van der Waals surface area contributed by atoms with E-state index in [9.17, 15) is 13.2 Å². The lowest BCUT2D eigenvalue weighted by molar-refractivity contribution is -0.137. The number of rotatable bonds is 21. The van der Waals surface area contributed by atoms with E-state index in [0.29, 0.717) is 6.61 Å². The normalized spacial score (nSPS) is 11.7. The summed E-state index contributed by atoms with van der Waals surface area (Å²) >= 11 is 0. The lowest BCUT2D eigenvalue weighted by atomic mass is 10.0. The molecule has 0 bridgehead atoms. The molecule has 1 rings (SSSR count). The van der Waals surface area contributed by atoms with Crippen LogP contribution in [0, 0.1) is 0 Å². The van der Waals surface area contributed by atoms with Crippen LogP contribution in [0.3, 0.4) is 0 Å². The van der Waals surface area contributed by atoms with Crippen molar-refractivity contribution in [3.8, 4) is 5.75 Å². The molecule has 34 heavy (non-hydrogen) atoms. The van der Waals surface area contributed by atoms with Crippen molar-refractivity contribution in [3.63, 3.8) is 0 Å². The highest BCUT2D eigenvalue weighted by molar-refractivity contribution is 7.85. The summed E-state index contributed by atoms with van der Waals surface area (Å²) in [7, 11) is -4.13. The Morgan fingerprint density at radius 3 is 1.79 bits per heavy atom. The van der Waals surface area contributed by atoms with Crippen molar-refractivity contribution in [1.29, 1.82) is 0 Å². The number of benzene rings is 1. The zero-order valence-corrected chi connectivity index (χ0v) is 21.7. The van der Waals surface area contributed by atoms with Gasteiger partial charge in [-0.1, -0.05) is 103 Å². The van der Waals surface area contributed by atoms with Crippen LogP contribution in [0.2, 0.25) is 0 Å². The molecule has 0 aliphatic rings. The van der Waals surface area contributed by atoms with Crippen LogP contribution < -0.4 is 4.74 Å². The highest BCUT2D eigenvalue weighted by Gasteiger charge is 2.06. The average molecular weight is 497 g/mol.